The van der Waals surface area contributed by atoms with Crippen molar-refractivity contribution in [3.05, 3.63) is 29.8 Å². The van der Waals surface area contributed by atoms with Crippen LogP contribution >= 0.6 is 0 Å². The Balaban J connectivity index is 0.000000211. The second-order valence-corrected chi connectivity index (χ2v) is 5.72. The van der Waals surface area contributed by atoms with Gasteiger partial charge in [-0.2, -0.15) is 0 Å². The van der Waals surface area contributed by atoms with Crippen LogP contribution in [0.5, 0.6) is 17.2 Å². The molecule has 1 aromatic carbocycles. The summed E-state index contributed by atoms with van der Waals surface area (Å²) >= 11 is 0. The normalized spacial score (nSPS) is 22.9. The molecule has 4 rings (SSSR count). The second kappa shape index (κ2) is 8.07. The van der Waals surface area contributed by atoms with E-state index in [1.807, 2.05) is 12.1 Å². The molecule has 26 heavy (non-hydrogen) atoms. The third-order valence-electron chi connectivity index (χ3n) is 4.05. The fourth-order valence-corrected chi connectivity index (χ4v) is 2.98. The van der Waals surface area contributed by atoms with Gasteiger partial charge in [-0.3, -0.25) is 0 Å². The van der Waals surface area contributed by atoms with E-state index < -0.39 is 11.9 Å². The first-order chi connectivity index (χ1) is 12.6. The van der Waals surface area contributed by atoms with E-state index in [0.717, 1.165) is 42.4 Å². The summed E-state index contributed by atoms with van der Waals surface area (Å²) in [4.78, 5) is 19.1. The highest BCUT2D eigenvalue weighted by molar-refractivity contribution is 5.89. The molecule has 0 amide bonds. The molecule has 1 aromatic rings. The zero-order valence-corrected chi connectivity index (χ0v) is 13.8. The van der Waals surface area contributed by atoms with E-state index >= 15 is 0 Å². The molecule has 0 spiro atoms. The second-order valence-electron chi connectivity index (χ2n) is 5.72. The quantitative estimate of drug-likeness (QED) is 0.657. The first kappa shape index (κ1) is 18.0. The lowest BCUT2D eigenvalue weighted by molar-refractivity contribution is -0.134. The van der Waals surface area contributed by atoms with Crippen LogP contribution in [0.2, 0.25) is 0 Å². The highest BCUT2D eigenvalue weighted by Crippen LogP contribution is 2.48. The van der Waals surface area contributed by atoms with E-state index in [-0.39, 0.29) is 12.9 Å². The van der Waals surface area contributed by atoms with E-state index in [1.54, 1.807) is 0 Å². The Morgan fingerprint density at radius 1 is 1.04 bits per heavy atom. The van der Waals surface area contributed by atoms with Crippen LogP contribution in [0.4, 0.5) is 0 Å². The van der Waals surface area contributed by atoms with Crippen molar-refractivity contribution >= 4 is 11.9 Å². The molecule has 3 heterocycles. The van der Waals surface area contributed by atoms with E-state index in [4.69, 9.17) is 29.2 Å². The molecule has 2 unspecified atom stereocenters. The molecule has 1 fully saturated rings. The Hall–Kier alpha value is -2.78. The molecule has 0 bridgehead atoms. The minimum atomic E-state index is -1.26. The number of ether oxygens (including phenoxy) is 4. The number of carboxylic acid groups (broad SMARTS) is 2. The lowest BCUT2D eigenvalue weighted by Gasteiger charge is -2.31. The van der Waals surface area contributed by atoms with Gasteiger partial charge < -0.3 is 34.5 Å². The zero-order chi connectivity index (χ0) is 18.5. The van der Waals surface area contributed by atoms with Crippen LogP contribution in [0.3, 0.4) is 0 Å². The molecule has 0 radical (unpaired) electrons. The van der Waals surface area contributed by atoms with Crippen LogP contribution in [0.15, 0.2) is 24.3 Å². The maximum absolute atomic E-state index is 9.55. The van der Waals surface area contributed by atoms with Crippen LogP contribution < -0.4 is 19.5 Å². The van der Waals surface area contributed by atoms with Gasteiger partial charge in [-0.15, -0.1) is 0 Å². The van der Waals surface area contributed by atoms with Crippen LogP contribution in [0.1, 0.15) is 18.1 Å². The van der Waals surface area contributed by atoms with Gasteiger partial charge in [0.05, 0.1) is 13.2 Å². The first-order valence-corrected chi connectivity index (χ1v) is 8.10. The summed E-state index contributed by atoms with van der Waals surface area (Å²) in [7, 11) is 0. The monoisotopic (exact) mass is 365 g/mol. The molecular formula is C17H19NO8. The maximum atomic E-state index is 9.55. The minimum absolute atomic E-state index is 0.0470. The van der Waals surface area contributed by atoms with Gasteiger partial charge in [0, 0.05) is 30.3 Å². The average Bonchev–Trinajstić information content (AvgIpc) is 3.02. The van der Waals surface area contributed by atoms with Crippen molar-refractivity contribution in [3.63, 3.8) is 0 Å². The molecule has 3 N–H and O–H groups in total. The number of benzene rings is 1. The third-order valence-corrected chi connectivity index (χ3v) is 4.05. The van der Waals surface area contributed by atoms with E-state index in [9.17, 15) is 9.59 Å². The van der Waals surface area contributed by atoms with Gasteiger partial charge in [0.1, 0.15) is 6.10 Å². The highest BCUT2D eigenvalue weighted by Gasteiger charge is 2.35. The number of fused-ring (bicyclic) bond motifs is 5. The van der Waals surface area contributed by atoms with Gasteiger partial charge in [0.25, 0.3) is 0 Å². The number of nitrogens with one attached hydrogen (secondary N) is 1. The molecule has 140 valence electrons. The fraction of sp³-hybridized carbons (Fsp3) is 0.412. The molecule has 3 aliphatic rings. The lowest BCUT2D eigenvalue weighted by atomic mass is 9.98. The van der Waals surface area contributed by atoms with Gasteiger partial charge in [-0.1, -0.05) is 0 Å². The Morgan fingerprint density at radius 2 is 1.81 bits per heavy atom. The molecule has 9 nitrogen and oxygen atoms in total. The Kier molecular flexibility index (Phi) is 5.59. The summed E-state index contributed by atoms with van der Waals surface area (Å²) in [5, 5.41) is 19.1. The van der Waals surface area contributed by atoms with Crippen molar-refractivity contribution in [1.82, 2.24) is 5.32 Å². The first-order valence-electron chi connectivity index (χ1n) is 8.10. The largest absolute Gasteiger partial charge is 0.489 e. The Morgan fingerprint density at radius 3 is 2.54 bits per heavy atom. The van der Waals surface area contributed by atoms with Crippen molar-refractivity contribution in [1.29, 1.82) is 0 Å². The molecule has 9 heteroatoms. The predicted octanol–water partition coefficient (Wildman–Crippen LogP) is 0.939. The molecule has 2 atom stereocenters. The Bertz CT molecular complexity index is 701. The topological polar surface area (TPSA) is 124 Å². The Labute approximate surface area is 149 Å². The van der Waals surface area contributed by atoms with Crippen LogP contribution in [0, 0.1) is 0 Å². The van der Waals surface area contributed by atoms with E-state index in [2.05, 4.69) is 5.32 Å². The van der Waals surface area contributed by atoms with Crippen molar-refractivity contribution < 1.29 is 38.7 Å². The molecule has 0 saturated carbocycles. The van der Waals surface area contributed by atoms with Crippen molar-refractivity contribution in [2.75, 3.05) is 26.6 Å². The predicted molar refractivity (Wildman–Crippen MR) is 87.6 cm³/mol. The molecule has 1 saturated heterocycles. The summed E-state index contributed by atoms with van der Waals surface area (Å²) in [5.74, 6) is -0.237. The molecule has 0 aliphatic carbocycles. The summed E-state index contributed by atoms with van der Waals surface area (Å²) < 4.78 is 22.7. The third kappa shape index (κ3) is 4.06. The van der Waals surface area contributed by atoms with Gasteiger partial charge in [0.2, 0.25) is 12.5 Å². The number of carboxylic acids is 2. The highest BCUT2D eigenvalue weighted by atomic mass is 16.7. The van der Waals surface area contributed by atoms with Crippen molar-refractivity contribution in [2.24, 2.45) is 0 Å². The number of hydrogen-bond donors (Lipinski definition) is 3. The average molecular weight is 365 g/mol. The molecule has 3 aliphatic heterocycles. The summed E-state index contributed by atoms with van der Waals surface area (Å²) in [6.45, 7) is 2.57. The van der Waals surface area contributed by atoms with Gasteiger partial charge >= 0.3 is 11.9 Å². The number of carbonyl (C=O) groups is 2. The lowest BCUT2D eigenvalue weighted by Crippen LogP contribution is -2.43. The van der Waals surface area contributed by atoms with Gasteiger partial charge in [-0.05, 0) is 18.6 Å². The summed E-state index contributed by atoms with van der Waals surface area (Å²) in [5.41, 5.74) is 1.06. The van der Waals surface area contributed by atoms with Crippen LogP contribution in [-0.2, 0) is 14.3 Å². The number of hydrogen-bond acceptors (Lipinski definition) is 7. The zero-order valence-electron chi connectivity index (χ0n) is 13.8. The maximum Gasteiger partial charge on any atom is 0.328 e. The smallest absolute Gasteiger partial charge is 0.328 e. The number of aliphatic carboxylic acids is 2. The minimum Gasteiger partial charge on any atom is -0.489 e. The SMILES string of the molecule is O=C(O)/C=C/C(=O)O.c1cc2c(c3c1OCO3)OCCC1NCCOC21. The van der Waals surface area contributed by atoms with Gasteiger partial charge in [-0.25, -0.2) is 9.59 Å². The molecular weight excluding hydrogens is 346 g/mol. The summed E-state index contributed by atoms with van der Waals surface area (Å²) in [6, 6.07) is 4.28. The van der Waals surface area contributed by atoms with Crippen LogP contribution in [-0.4, -0.2) is 54.7 Å². The summed E-state index contributed by atoms with van der Waals surface area (Å²) in [6.07, 6.45) is 2.10. The number of rotatable bonds is 2. The van der Waals surface area contributed by atoms with Gasteiger partial charge in [0.15, 0.2) is 11.5 Å². The van der Waals surface area contributed by atoms with E-state index in [0.29, 0.717) is 24.8 Å². The van der Waals surface area contributed by atoms with Crippen LogP contribution in [0.25, 0.3) is 0 Å². The fourth-order valence-electron chi connectivity index (χ4n) is 2.98. The van der Waals surface area contributed by atoms with E-state index in [1.165, 1.54) is 0 Å². The van der Waals surface area contributed by atoms with Crippen molar-refractivity contribution in [3.8, 4) is 17.2 Å². The standard InChI is InChI=1S/C13H15NO4.C4H4O4/c1-2-10-13(18-7-17-10)12-8(1)11-9(3-5-15-12)14-4-6-16-11;5-3(6)1-2-4(7)8/h1-2,9,11,14H,3-7H2;1-2H,(H,5,6)(H,7,8)/b;2-1+. The number of morpholine rings is 1. The molecule has 0 aromatic heterocycles. The van der Waals surface area contributed by atoms with Crippen molar-refractivity contribution in [2.45, 2.75) is 18.6 Å².